The van der Waals surface area contributed by atoms with Gasteiger partial charge in [-0.05, 0) is 110 Å². The Balaban J connectivity index is 1.19. The molecule has 1 N–H and O–H groups in total. The van der Waals surface area contributed by atoms with Crippen LogP contribution in [0.3, 0.4) is 0 Å². The van der Waals surface area contributed by atoms with Gasteiger partial charge in [-0.15, -0.1) is 5.10 Å². The third-order valence-corrected chi connectivity index (χ3v) is 9.63. The van der Waals surface area contributed by atoms with Crippen LogP contribution in [0.2, 0.25) is 0 Å². The van der Waals surface area contributed by atoms with E-state index in [1.807, 2.05) is 61.1 Å². The lowest BCUT2D eigenvalue weighted by molar-refractivity contribution is -0.163. The largest absolute Gasteiger partial charge is 0.443 e. The van der Waals surface area contributed by atoms with Gasteiger partial charge in [-0.1, -0.05) is 23.8 Å². The van der Waals surface area contributed by atoms with Crippen LogP contribution in [0.5, 0.6) is 0 Å². The normalized spacial score (nSPS) is 21.5. The Labute approximate surface area is 303 Å². The van der Waals surface area contributed by atoms with Crippen molar-refractivity contribution in [2.24, 2.45) is 0 Å². The maximum atomic E-state index is 14.3. The van der Waals surface area contributed by atoms with Crippen molar-refractivity contribution in [3.63, 3.8) is 0 Å². The summed E-state index contributed by atoms with van der Waals surface area (Å²) in [6.07, 6.45) is 3.98. The highest BCUT2D eigenvalue weighted by molar-refractivity contribution is 6.23. The number of fused-ring (bicyclic) bond motifs is 3. The topological polar surface area (TPSA) is 139 Å². The summed E-state index contributed by atoms with van der Waals surface area (Å²) in [6.45, 7) is 16.4. The predicted octanol–water partition coefficient (Wildman–Crippen LogP) is 7.63. The molecule has 3 aliphatic rings. The molecule has 1 unspecified atom stereocenters. The van der Waals surface area contributed by atoms with Gasteiger partial charge in [0.25, 0.3) is 0 Å². The summed E-state index contributed by atoms with van der Waals surface area (Å²) < 4.78 is 26.1. The quantitative estimate of drug-likeness (QED) is 0.204. The molecule has 13 heteroatoms. The second-order valence-corrected chi connectivity index (χ2v) is 16.1. The van der Waals surface area contributed by atoms with Crippen LogP contribution in [0.15, 0.2) is 42.6 Å². The number of nitrogens with zero attached hydrogens (tertiary/aromatic N) is 5. The molecule has 0 bridgehead atoms. The summed E-state index contributed by atoms with van der Waals surface area (Å²) >= 11 is 0. The van der Waals surface area contributed by atoms with Crippen LogP contribution in [0.25, 0.3) is 10.9 Å². The van der Waals surface area contributed by atoms with Gasteiger partial charge in [0, 0.05) is 24.1 Å². The number of carbonyl (C=O) groups is 3. The molecule has 4 heterocycles. The smallest absolute Gasteiger partial charge is 0.435 e. The minimum Gasteiger partial charge on any atom is -0.443 e. The SMILES string of the molecule is Cc1ccc2c(c1)[C@]1(C[C@H]1c1ccc3c(Nc4cn(CCOC5CCCCO5)nc4C)nn(C(=O)OC(C)(C)C)c3c1)C(=O)N2C(=O)OC(C)(C)C. The molecule has 1 spiro atoms. The average molecular weight is 713 g/mol. The number of anilines is 3. The van der Waals surface area contributed by atoms with E-state index >= 15 is 0 Å². The fourth-order valence-electron chi connectivity index (χ4n) is 7.20. The maximum absolute atomic E-state index is 14.3. The highest BCUT2D eigenvalue weighted by Crippen LogP contribution is 2.66. The van der Waals surface area contributed by atoms with Crippen LogP contribution in [0, 0.1) is 13.8 Å². The van der Waals surface area contributed by atoms with E-state index < -0.39 is 28.8 Å². The first-order valence-corrected chi connectivity index (χ1v) is 18.0. The second-order valence-electron chi connectivity index (χ2n) is 16.1. The van der Waals surface area contributed by atoms with Crippen molar-refractivity contribution in [1.29, 1.82) is 0 Å². The molecule has 13 nitrogen and oxygen atoms in total. The van der Waals surface area contributed by atoms with Gasteiger partial charge >= 0.3 is 12.2 Å². The third-order valence-electron chi connectivity index (χ3n) is 9.63. The summed E-state index contributed by atoms with van der Waals surface area (Å²) in [6, 6.07) is 11.5. The van der Waals surface area contributed by atoms with E-state index in [1.54, 1.807) is 41.5 Å². The molecule has 276 valence electrons. The van der Waals surface area contributed by atoms with Crippen molar-refractivity contribution in [1.82, 2.24) is 19.6 Å². The van der Waals surface area contributed by atoms with Crippen molar-refractivity contribution in [3.05, 3.63) is 65.0 Å². The van der Waals surface area contributed by atoms with Crippen LogP contribution >= 0.6 is 0 Å². The molecule has 2 aromatic heterocycles. The number of carbonyl (C=O) groups excluding carboxylic acids is 3. The molecule has 52 heavy (non-hydrogen) atoms. The molecule has 2 aromatic carbocycles. The molecule has 2 fully saturated rings. The average Bonchev–Trinajstić information content (AvgIpc) is 3.48. The Hall–Kier alpha value is -4.75. The number of rotatable bonds is 7. The number of hydrogen-bond acceptors (Lipinski definition) is 10. The number of aryl methyl sites for hydroxylation is 2. The maximum Gasteiger partial charge on any atom is 0.435 e. The minimum atomic E-state index is -0.928. The molecule has 3 atom stereocenters. The van der Waals surface area contributed by atoms with Crippen molar-refractivity contribution < 1.29 is 33.3 Å². The second kappa shape index (κ2) is 13.0. The standard InChI is InChI=1S/C39H48N6O7/c1-23-12-15-30-27(19-23)39(34(46)44(30)35(47)51-37(3,4)5)21-28(39)25-13-14-26-31(20-25)45(36(48)52-38(6,7)8)42-33(26)40-29-22-43(41-24(29)2)16-18-50-32-11-9-10-17-49-32/h12-15,19-20,22,28,32H,9-11,16-18,21H2,1-8H3,(H,40,42)/t28-,32?,39-/m0/s1. The zero-order valence-corrected chi connectivity index (χ0v) is 31.2. The molecular formula is C39H48N6O7. The van der Waals surface area contributed by atoms with E-state index in [9.17, 15) is 14.4 Å². The number of aromatic nitrogens is 4. The molecule has 4 aromatic rings. The van der Waals surface area contributed by atoms with E-state index in [2.05, 4.69) is 10.4 Å². The lowest BCUT2D eigenvalue weighted by Crippen LogP contribution is -2.41. The minimum absolute atomic E-state index is 0.170. The Kier molecular flexibility index (Phi) is 8.93. The van der Waals surface area contributed by atoms with Gasteiger partial charge in [-0.2, -0.15) is 9.78 Å². The fourth-order valence-corrected chi connectivity index (χ4v) is 7.20. The van der Waals surface area contributed by atoms with Crippen LogP contribution < -0.4 is 10.2 Å². The van der Waals surface area contributed by atoms with Crippen molar-refractivity contribution in [2.45, 2.75) is 116 Å². The molecule has 2 amide bonds. The van der Waals surface area contributed by atoms with Crippen molar-refractivity contribution >= 4 is 46.2 Å². The molecule has 7 rings (SSSR count). The Morgan fingerprint density at radius 3 is 2.44 bits per heavy atom. The van der Waals surface area contributed by atoms with E-state index in [1.165, 1.54) is 9.58 Å². The Morgan fingerprint density at radius 2 is 1.73 bits per heavy atom. The number of hydrogen-bond donors (Lipinski definition) is 1. The number of nitrogens with one attached hydrogen (secondary N) is 1. The van der Waals surface area contributed by atoms with Gasteiger partial charge in [0.1, 0.15) is 11.2 Å². The molecule has 1 saturated heterocycles. The zero-order valence-electron chi connectivity index (χ0n) is 31.2. The van der Waals surface area contributed by atoms with Crippen molar-refractivity contribution in [3.8, 4) is 0 Å². The number of imide groups is 1. The van der Waals surface area contributed by atoms with E-state index in [4.69, 9.17) is 24.0 Å². The highest BCUT2D eigenvalue weighted by atomic mass is 16.7. The van der Waals surface area contributed by atoms with Gasteiger partial charge in [0.2, 0.25) is 5.91 Å². The van der Waals surface area contributed by atoms with Crippen LogP contribution in [0.4, 0.5) is 26.8 Å². The Bertz CT molecular complexity index is 2050. The van der Waals surface area contributed by atoms with Crippen LogP contribution in [-0.4, -0.2) is 68.4 Å². The molecule has 1 aliphatic carbocycles. The summed E-state index contributed by atoms with van der Waals surface area (Å²) in [5, 5.41) is 13.4. The highest BCUT2D eigenvalue weighted by Gasteiger charge is 2.68. The summed E-state index contributed by atoms with van der Waals surface area (Å²) in [4.78, 5) is 42.4. The third kappa shape index (κ3) is 6.79. The molecule has 0 radical (unpaired) electrons. The van der Waals surface area contributed by atoms with Gasteiger partial charge in [0.15, 0.2) is 12.1 Å². The Morgan fingerprint density at radius 1 is 0.981 bits per heavy atom. The first-order chi connectivity index (χ1) is 24.5. The lowest BCUT2D eigenvalue weighted by atomic mass is 9.91. The first kappa shape index (κ1) is 35.6. The van der Waals surface area contributed by atoms with Gasteiger partial charge in [-0.25, -0.2) is 14.5 Å². The van der Waals surface area contributed by atoms with Crippen molar-refractivity contribution in [2.75, 3.05) is 23.4 Å². The zero-order chi connectivity index (χ0) is 37.2. The van der Waals surface area contributed by atoms with Gasteiger partial charge in [0.05, 0.1) is 41.2 Å². The number of benzene rings is 2. The number of amides is 2. The summed E-state index contributed by atoms with van der Waals surface area (Å²) in [5.74, 6) is -0.0847. The predicted molar refractivity (Wildman–Crippen MR) is 195 cm³/mol. The molecule has 1 saturated carbocycles. The van der Waals surface area contributed by atoms with Crippen LogP contribution in [-0.2, 0) is 35.7 Å². The van der Waals surface area contributed by atoms with E-state index in [-0.39, 0.29) is 18.1 Å². The molecular weight excluding hydrogens is 664 g/mol. The lowest BCUT2D eigenvalue weighted by Gasteiger charge is -2.24. The van der Waals surface area contributed by atoms with Gasteiger partial charge in [-0.3, -0.25) is 9.48 Å². The van der Waals surface area contributed by atoms with Crippen LogP contribution in [0.1, 0.15) is 95.5 Å². The van der Waals surface area contributed by atoms with Gasteiger partial charge < -0.3 is 24.3 Å². The molecule has 2 aliphatic heterocycles. The monoisotopic (exact) mass is 712 g/mol. The van der Waals surface area contributed by atoms with E-state index in [0.717, 1.165) is 53.9 Å². The summed E-state index contributed by atoms with van der Waals surface area (Å²) in [7, 11) is 0. The fraction of sp³-hybridized carbons (Fsp3) is 0.513. The number of ether oxygens (including phenoxy) is 4. The first-order valence-electron chi connectivity index (χ1n) is 18.0. The van der Waals surface area contributed by atoms with E-state index in [0.29, 0.717) is 42.0 Å². The summed E-state index contributed by atoms with van der Waals surface area (Å²) in [5.41, 5.74) is 2.75.